The second-order valence-electron chi connectivity index (χ2n) is 3.94. The maximum Gasteiger partial charge on any atom is 0.244 e. The van der Waals surface area contributed by atoms with Crippen LogP contribution in [0.25, 0.3) is 21.9 Å². The largest absolute Gasteiger partial charge is 0.285 e. The Morgan fingerprint density at radius 1 is 0.941 bits per heavy atom. The van der Waals surface area contributed by atoms with Crippen molar-refractivity contribution in [1.82, 2.24) is 0 Å². The molecule has 0 radical (unpaired) electrons. The first-order chi connectivity index (χ1) is 8.16. The van der Waals surface area contributed by atoms with Crippen LogP contribution in [0.3, 0.4) is 0 Å². The lowest BCUT2D eigenvalue weighted by atomic mass is 10.0. The summed E-state index contributed by atoms with van der Waals surface area (Å²) in [6, 6.07) is 11.5. The molecular formula is C14H7ClO2. The van der Waals surface area contributed by atoms with Gasteiger partial charge in [-0.2, -0.15) is 0 Å². The highest BCUT2D eigenvalue weighted by atomic mass is 35.5. The fraction of sp³-hybridized carbons (Fsp3) is 0. The van der Waals surface area contributed by atoms with Gasteiger partial charge in [0.1, 0.15) is 0 Å². The lowest BCUT2D eigenvalue weighted by Gasteiger charge is -2.04. The summed E-state index contributed by atoms with van der Waals surface area (Å²) in [5, 5.41) is 3.38. The summed E-state index contributed by atoms with van der Waals surface area (Å²) >= 11 is 5.92. The molecular weight excluding hydrogens is 236 g/mol. The molecule has 0 amide bonds. The van der Waals surface area contributed by atoms with Gasteiger partial charge in [0, 0.05) is 5.22 Å². The third-order valence-corrected chi connectivity index (χ3v) is 3.24. The van der Waals surface area contributed by atoms with E-state index in [0.29, 0.717) is 10.4 Å². The number of halogens is 1. The minimum Gasteiger partial charge on any atom is -0.285 e. The van der Waals surface area contributed by atoms with E-state index in [0.717, 1.165) is 10.8 Å². The first kappa shape index (κ1) is 10.2. The van der Waals surface area contributed by atoms with Crippen LogP contribution >= 0.6 is 11.6 Å². The first-order valence-electron chi connectivity index (χ1n) is 5.16. The van der Waals surface area contributed by atoms with E-state index >= 15 is 0 Å². The molecule has 3 rings (SSSR count). The van der Waals surface area contributed by atoms with Crippen molar-refractivity contribution >= 4 is 45.0 Å². The van der Waals surface area contributed by atoms with Gasteiger partial charge in [0.25, 0.3) is 0 Å². The zero-order valence-corrected chi connectivity index (χ0v) is 9.49. The Bertz CT molecular complexity index is 787. The molecule has 0 saturated carbocycles. The van der Waals surface area contributed by atoms with Gasteiger partial charge in [-0.1, -0.05) is 35.9 Å². The van der Waals surface area contributed by atoms with Crippen LogP contribution in [0.5, 0.6) is 0 Å². The molecule has 2 aromatic carbocycles. The van der Waals surface area contributed by atoms with Gasteiger partial charge in [0.2, 0.25) is 11.6 Å². The van der Waals surface area contributed by atoms with E-state index in [9.17, 15) is 9.59 Å². The highest BCUT2D eigenvalue weighted by Gasteiger charge is 2.19. The van der Waals surface area contributed by atoms with Crippen LogP contribution in [0.4, 0.5) is 0 Å². The molecule has 3 heteroatoms. The lowest BCUT2D eigenvalue weighted by Crippen LogP contribution is -2.35. The quantitative estimate of drug-likeness (QED) is 0.649. The molecule has 82 valence electrons. The zero-order valence-electron chi connectivity index (χ0n) is 8.74. The smallest absolute Gasteiger partial charge is 0.244 e. The van der Waals surface area contributed by atoms with Crippen LogP contribution in [-0.2, 0) is 9.59 Å². The Balaban J connectivity index is 2.56. The van der Waals surface area contributed by atoms with Crippen LogP contribution in [0.2, 0.25) is 0 Å². The minimum absolute atomic E-state index is 0.0123. The number of ketones is 2. The summed E-state index contributed by atoms with van der Waals surface area (Å²) in [6.45, 7) is 0. The van der Waals surface area contributed by atoms with E-state index in [2.05, 4.69) is 0 Å². The Labute approximate surface area is 102 Å². The molecule has 0 bridgehead atoms. The molecule has 2 aromatic rings. The van der Waals surface area contributed by atoms with Crippen molar-refractivity contribution in [3.05, 3.63) is 46.8 Å². The number of hydrogen-bond donors (Lipinski definition) is 0. The molecule has 0 atom stereocenters. The molecule has 0 aromatic heterocycles. The normalized spacial score (nSPS) is 14.8. The molecule has 0 heterocycles. The summed E-state index contributed by atoms with van der Waals surface area (Å²) in [7, 11) is 0. The third-order valence-electron chi connectivity index (χ3n) is 2.86. The standard InChI is InChI=1S/C14H7ClO2/c15-13-11-6-9-4-2-1-3-8(9)5-10(11)7-12(16)14(13)17/h1-7H. The average Bonchev–Trinajstić information content (AvgIpc) is 2.34. The second-order valence-corrected chi connectivity index (χ2v) is 4.32. The maximum atomic E-state index is 11.5. The summed E-state index contributed by atoms with van der Waals surface area (Å²) in [5.41, 5.74) is 0. The Morgan fingerprint density at radius 3 is 2.29 bits per heavy atom. The molecule has 17 heavy (non-hydrogen) atoms. The summed E-state index contributed by atoms with van der Waals surface area (Å²) in [6.07, 6.45) is 1.34. The fourth-order valence-electron chi connectivity index (χ4n) is 2.00. The number of hydrogen-bond acceptors (Lipinski definition) is 2. The monoisotopic (exact) mass is 242 g/mol. The van der Waals surface area contributed by atoms with Gasteiger partial charge < -0.3 is 0 Å². The van der Waals surface area contributed by atoms with Crippen LogP contribution in [0.15, 0.2) is 36.4 Å². The van der Waals surface area contributed by atoms with Crippen LogP contribution in [-0.4, -0.2) is 11.6 Å². The van der Waals surface area contributed by atoms with Gasteiger partial charge in [-0.05, 0) is 34.2 Å². The predicted molar refractivity (Wildman–Crippen MR) is 66.9 cm³/mol. The molecule has 0 spiro atoms. The SMILES string of the molecule is O=C1C=c2cc3ccccc3cc2=C(Cl)C1=O. The molecule has 0 fully saturated rings. The summed E-state index contributed by atoms with van der Waals surface area (Å²) in [4.78, 5) is 22.9. The molecule has 0 saturated heterocycles. The van der Waals surface area contributed by atoms with Crippen LogP contribution in [0.1, 0.15) is 0 Å². The zero-order chi connectivity index (χ0) is 12.0. The Kier molecular flexibility index (Phi) is 2.13. The van der Waals surface area contributed by atoms with Crippen molar-refractivity contribution in [3.8, 4) is 0 Å². The van der Waals surface area contributed by atoms with Crippen molar-refractivity contribution in [1.29, 1.82) is 0 Å². The number of rotatable bonds is 0. The van der Waals surface area contributed by atoms with Gasteiger partial charge in [0.05, 0.1) is 5.03 Å². The topological polar surface area (TPSA) is 34.1 Å². The number of benzene rings is 2. The third kappa shape index (κ3) is 1.49. The molecule has 0 unspecified atom stereocenters. The molecule has 0 aliphatic heterocycles. The average molecular weight is 243 g/mol. The van der Waals surface area contributed by atoms with Crippen molar-refractivity contribution in [3.63, 3.8) is 0 Å². The molecule has 1 aliphatic rings. The van der Waals surface area contributed by atoms with Crippen molar-refractivity contribution in [2.45, 2.75) is 0 Å². The van der Waals surface area contributed by atoms with Crippen molar-refractivity contribution in [2.75, 3.05) is 0 Å². The van der Waals surface area contributed by atoms with Gasteiger partial charge in [-0.25, -0.2) is 0 Å². The minimum atomic E-state index is -0.630. The summed E-state index contributed by atoms with van der Waals surface area (Å²) in [5.74, 6) is -1.19. The number of Topliss-reactive ketones (excluding diaryl/α,β-unsaturated/α-hetero) is 2. The van der Waals surface area contributed by atoms with E-state index < -0.39 is 11.6 Å². The van der Waals surface area contributed by atoms with E-state index in [1.54, 1.807) is 0 Å². The van der Waals surface area contributed by atoms with Crippen molar-refractivity contribution in [2.24, 2.45) is 0 Å². The molecule has 2 nitrogen and oxygen atoms in total. The first-order valence-corrected chi connectivity index (χ1v) is 5.53. The number of carbonyl (C=O) groups excluding carboxylic acids is 2. The van der Waals surface area contributed by atoms with E-state index in [-0.39, 0.29) is 5.03 Å². The maximum absolute atomic E-state index is 11.5. The number of carbonyl (C=O) groups is 2. The van der Waals surface area contributed by atoms with Gasteiger partial charge in [-0.15, -0.1) is 0 Å². The Hall–Kier alpha value is -1.93. The van der Waals surface area contributed by atoms with Gasteiger partial charge >= 0.3 is 0 Å². The predicted octanol–water partition coefficient (Wildman–Crippen LogP) is 1.12. The number of fused-ring (bicyclic) bond motifs is 2. The van der Waals surface area contributed by atoms with Crippen LogP contribution in [0, 0.1) is 0 Å². The molecule has 1 aliphatic carbocycles. The van der Waals surface area contributed by atoms with E-state index in [1.807, 2.05) is 36.4 Å². The van der Waals surface area contributed by atoms with Crippen molar-refractivity contribution < 1.29 is 9.59 Å². The molecule has 0 N–H and O–H groups in total. The second kappa shape index (κ2) is 3.54. The highest BCUT2D eigenvalue weighted by Crippen LogP contribution is 2.11. The highest BCUT2D eigenvalue weighted by molar-refractivity contribution is 6.76. The fourth-order valence-corrected chi connectivity index (χ4v) is 2.26. The van der Waals surface area contributed by atoms with E-state index in [1.165, 1.54) is 6.08 Å². The van der Waals surface area contributed by atoms with E-state index in [4.69, 9.17) is 11.6 Å². The van der Waals surface area contributed by atoms with Gasteiger partial charge in [-0.3, -0.25) is 9.59 Å². The lowest BCUT2D eigenvalue weighted by molar-refractivity contribution is -0.129. The summed E-state index contributed by atoms with van der Waals surface area (Å²) < 4.78 is 0. The Morgan fingerprint density at radius 2 is 1.59 bits per heavy atom. The van der Waals surface area contributed by atoms with Crippen LogP contribution < -0.4 is 10.4 Å². The van der Waals surface area contributed by atoms with Gasteiger partial charge in [0.15, 0.2) is 0 Å².